The summed E-state index contributed by atoms with van der Waals surface area (Å²) >= 11 is 0. The second-order valence-electron chi connectivity index (χ2n) is 3.88. The maximum atomic E-state index is 11.0. The van der Waals surface area contributed by atoms with Crippen LogP contribution in [0.1, 0.15) is 25.0 Å². The SMILES string of the molecule is CC(=O)Nc1ccccc1C(O)C(O)CC(=O)O. The zero-order chi connectivity index (χ0) is 13.7. The van der Waals surface area contributed by atoms with Gasteiger partial charge in [-0.1, -0.05) is 18.2 Å². The Kier molecular flexibility index (Phi) is 4.82. The second-order valence-corrected chi connectivity index (χ2v) is 3.88. The number of rotatable bonds is 5. The Morgan fingerprint density at radius 2 is 1.89 bits per heavy atom. The van der Waals surface area contributed by atoms with Crippen LogP contribution in [0.4, 0.5) is 5.69 Å². The van der Waals surface area contributed by atoms with Crippen LogP contribution in [0.3, 0.4) is 0 Å². The lowest BCUT2D eigenvalue weighted by molar-refractivity contribution is -0.141. The summed E-state index contributed by atoms with van der Waals surface area (Å²) in [4.78, 5) is 21.5. The minimum Gasteiger partial charge on any atom is -0.481 e. The van der Waals surface area contributed by atoms with E-state index in [0.29, 0.717) is 5.69 Å². The number of nitrogens with one attached hydrogen (secondary N) is 1. The van der Waals surface area contributed by atoms with Gasteiger partial charge in [0, 0.05) is 18.2 Å². The quantitative estimate of drug-likeness (QED) is 0.611. The lowest BCUT2D eigenvalue weighted by Crippen LogP contribution is -2.23. The van der Waals surface area contributed by atoms with Gasteiger partial charge in [-0.25, -0.2) is 0 Å². The van der Waals surface area contributed by atoms with Crippen molar-refractivity contribution in [3.8, 4) is 0 Å². The summed E-state index contributed by atoms with van der Waals surface area (Å²) in [6.07, 6.45) is -3.38. The number of carbonyl (C=O) groups is 2. The number of aliphatic hydroxyl groups excluding tert-OH is 2. The molecule has 1 aromatic carbocycles. The Bertz CT molecular complexity index is 446. The summed E-state index contributed by atoms with van der Waals surface area (Å²) in [7, 11) is 0. The van der Waals surface area contributed by atoms with Crippen molar-refractivity contribution < 1.29 is 24.9 Å². The summed E-state index contributed by atoms with van der Waals surface area (Å²) in [6.45, 7) is 1.32. The second kappa shape index (κ2) is 6.13. The molecule has 0 aromatic heterocycles. The highest BCUT2D eigenvalue weighted by atomic mass is 16.4. The van der Waals surface area contributed by atoms with Gasteiger partial charge in [0.1, 0.15) is 6.10 Å². The predicted octanol–water partition coefficient (Wildman–Crippen LogP) is 0.514. The molecular weight excluding hydrogens is 238 g/mol. The van der Waals surface area contributed by atoms with Crippen LogP contribution in [-0.4, -0.2) is 33.3 Å². The first-order valence-electron chi connectivity index (χ1n) is 5.36. The normalized spacial score (nSPS) is 13.7. The molecule has 0 heterocycles. The molecule has 1 amide bonds. The minimum atomic E-state index is -1.43. The molecule has 2 atom stereocenters. The number of hydrogen-bond acceptors (Lipinski definition) is 4. The number of carboxylic acids is 1. The van der Waals surface area contributed by atoms with E-state index in [2.05, 4.69) is 5.32 Å². The van der Waals surface area contributed by atoms with E-state index in [-0.39, 0.29) is 11.5 Å². The molecule has 2 unspecified atom stereocenters. The van der Waals surface area contributed by atoms with Crippen molar-refractivity contribution in [1.29, 1.82) is 0 Å². The van der Waals surface area contributed by atoms with Crippen LogP contribution in [-0.2, 0) is 9.59 Å². The summed E-state index contributed by atoms with van der Waals surface area (Å²) in [5, 5.41) is 30.5. The van der Waals surface area contributed by atoms with Crippen molar-refractivity contribution >= 4 is 17.6 Å². The van der Waals surface area contributed by atoms with E-state index in [1.54, 1.807) is 18.2 Å². The first kappa shape index (κ1) is 14.1. The van der Waals surface area contributed by atoms with Gasteiger partial charge in [-0.2, -0.15) is 0 Å². The molecule has 0 aliphatic carbocycles. The summed E-state index contributed by atoms with van der Waals surface area (Å²) < 4.78 is 0. The lowest BCUT2D eigenvalue weighted by atomic mass is 10.0. The van der Waals surface area contributed by atoms with Gasteiger partial charge in [0.25, 0.3) is 0 Å². The minimum absolute atomic E-state index is 0.279. The van der Waals surface area contributed by atoms with Crippen LogP contribution in [0.15, 0.2) is 24.3 Å². The largest absolute Gasteiger partial charge is 0.481 e. The number of amides is 1. The van der Waals surface area contributed by atoms with Crippen LogP contribution in [0, 0.1) is 0 Å². The average molecular weight is 253 g/mol. The molecule has 6 heteroatoms. The highest BCUT2D eigenvalue weighted by Crippen LogP contribution is 2.26. The predicted molar refractivity (Wildman–Crippen MR) is 64.0 cm³/mol. The summed E-state index contributed by atoms with van der Waals surface area (Å²) in [5.41, 5.74) is 0.628. The first-order chi connectivity index (χ1) is 8.41. The fourth-order valence-electron chi connectivity index (χ4n) is 1.56. The zero-order valence-electron chi connectivity index (χ0n) is 9.83. The number of aliphatic hydroxyl groups is 2. The fourth-order valence-corrected chi connectivity index (χ4v) is 1.56. The van der Waals surface area contributed by atoms with E-state index in [1.807, 2.05) is 0 Å². The van der Waals surface area contributed by atoms with E-state index in [0.717, 1.165) is 0 Å². The smallest absolute Gasteiger partial charge is 0.306 e. The van der Waals surface area contributed by atoms with Crippen molar-refractivity contribution in [3.63, 3.8) is 0 Å². The number of benzene rings is 1. The molecule has 1 rings (SSSR count). The maximum absolute atomic E-state index is 11.0. The molecule has 1 aromatic rings. The summed E-state index contributed by atoms with van der Waals surface area (Å²) in [6, 6.07) is 6.36. The van der Waals surface area contributed by atoms with Crippen LogP contribution in [0.25, 0.3) is 0 Å². The van der Waals surface area contributed by atoms with E-state index in [1.165, 1.54) is 13.0 Å². The lowest BCUT2D eigenvalue weighted by Gasteiger charge is -2.19. The van der Waals surface area contributed by atoms with Gasteiger partial charge < -0.3 is 20.6 Å². The van der Waals surface area contributed by atoms with Crippen LogP contribution >= 0.6 is 0 Å². The number of aliphatic carboxylic acids is 1. The van der Waals surface area contributed by atoms with Gasteiger partial charge in [-0.3, -0.25) is 9.59 Å². The van der Waals surface area contributed by atoms with E-state index < -0.39 is 24.6 Å². The monoisotopic (exact) mass is 253 g/mol. The van der Waals surface area contributed by atoms with Crippen molar-refractivity contribution in [2.45, 2.75) is 25.6 Å². The molecule has 0 saturated carbocycles. The molecule has 0 fully saturated rings. The van der Waals surface area contributed by atoms with Crippen LogP contribution in [0.5, 0.6) is 0 Å². The molecule has 0 bridgehead atoms. The Hall–Kier alpha value is -1.92. The van der Waals surface area contributed by atoms with Gasteiger partial charge in [0.05, 0.1) is 12.5 Å². The topological polar surface area (TPSA) is 107 Å². The standard InChI is InChI=1S/C12H15NO5/c1-7(14)13-9-5-3-2-4-8(9)12(18)10(15)6-11(16)17/h2-5,10,12,15,18H,6H2,1H3,(H,13,14)(H,16,17). The molecule has 0 aliphatic rings. The molecule has 0 radical (unpaired) electrons. The first-order valence-corrected chi connectivity index (χ1v) is 5.36. The van der Waals surface area contributed by atoms with Gasteiger partial charge in [0.2, 0.25) is 5.91 Å². The Balaban J connectivity index is 2.93. The Morgan fingerprint density at radius 3 is 2.44 bits per heavy atom. The molecule has 0 spiro atoms. The van der Waals surface area contributed by atoms with Crippen LogP contribution < -0.4 is 5.32 Å². The van der Waals surface area contributed by atoms with Gasteiger partial charge in [0.15, 0.2) is 0 Å². The summed E-state index contributed by atoms with van der Waals surface area (Å²) in [5.74, 6) is -1.53. The van der Waals surface area contributed by atoms with E-state index >= 15 is 0 Å². The molecule has 0 aliphatic heterocycles. The number of hydrogen-bond donors (Lipinski definition) is 4. The molecule has 0 saturated heterocycles. The molecule has 6 nitrogen and oxygen atoms in total. The molecule has 98 valence electrons. The maximum Gasteiger partial charge on any atom is 0.306 e. The molecular formula is C12H15NO5. The van der Waals surface area contributed by atoms with Gasteiger partial charge >= 0.3 is 5.97 Å². The zero-order valence-corrected chi connectivity index (χ0v) is 9.83. The number of carbonyl (C=O) groups excluding carboxylic acids is 1. The third kappa shape index (κ3) is 3.83. The third-order valence-electron chi connectivity index (χ3n) is 2.34. The van der Waals surface area contributed by atoms with Crippen molar-refractivity contribution in [2.24, 2.45) is 0 Å². The van der Waals surface area contributed by atoms with Gasteiger partial charge in [-0.15, -0.1) is 0 Å². The van der Waals surface area contributed by atoms with Crippen molar-refractivity contribution in [3.05, 3.63) is 29.8 Å². The van der Waals surface area contributed by atoms with E-state index in [4.69, 9.17) is 5.11 Å². The fraction of sp³-hybridized carbons (Fsp3) is 0.333. The highest BCUT2D eigenvalue weighted by molar-refractivity contribution is 5.89. The van der Waals surface area contributed by atoms with Crippen molar-refractivity contribution in [1.82, 2.24) is 0 Å². The number of anilines is 1. The third-order valence-corrected chi connectivity index (χ3v) is 2.34. The average Bonchev–Trinajstić information content (AvgIpc) is 2.27. The van der Waals surface area contributed by atoms with Crippen molar-refractivity contribution in [2.75, 3.05) is 5.32 Å². The van der Waals surface area contributed by atoms with Crippen LogP contribution in [0.2, 0.25) is 0 Å². The highest BCUT2D eigenvalue weighted by Gasteiger charge is 2.23. The Morgan fingerprint density at radius 1 is 1.28 bits per heavy atom. The number of carboxylic acid groups (broad SMARTS) is 1. The molecule has 18 heavy (non-hydrogen) atoms. The Labute approximate surface area is 104 Å². The van der Waals surface area contributed by atoms with Gasteiger partial charge in [-0.05, 0) is 6.07 Å². The number of para-hydroxylation sites is 1. The molecule has 4 N–H and O–H groups in total. The van der Waals surface area contributed by atoms with E-state index in [9.17, 15) is 19.8 Å².